The molecule has 0 aromatic carbocycles. The van der Waals surface area contributed by atoms with Crippen LogP contribution in [0.25, 0.3) is 0 Å². The Morgan fingerprint density at radius 2 is 2.10 bits per heavy atom. The first-order valence-corrected chi connectivity index (χ1v) is 5.89. The molecule has 11 heteroatoms. The third kappa shape index (κ3) is 2.52. The SMILES string of the molecule is CC1CC(C(F)(F)C(F)(F)F)n2nc(C(=O)NN)cc2N1. The van der Waals surface area contributed by atoms with E-state index in [0.717, 1.165) is 6.07 Å². The van der Waals surface area contributed by atoms with Crippen LogP contribution in [0.3, 0.4) is 0 Å². The Kier molecular flexibility index (Phi) is 3.56. The molecule has 2 unspecified atom stereocenters. The fraction of sp³-hybridized carbons (Fsp3) is 0.600. The molecule has 1 aromatic rings. The molecule has 21 heavy (non-hydrogen) atoms. The molecule has 0 saturated heterocycles. The van der Waals surface area contributed by atoms with Crippen LogP contribution in [0, 0.1) is 0 Å². The number of carbonyl (C=O) groups excluding carboxylic acids is 1. The highest BCUT2D eigenvalue weighted by molar-refractivity contribution is 5.92. The Bertz CT molecular complexity index is 555. The first-order chi connectivity index (χ1) is 9.57. The smallest absolute Gasteiger partial charge is 0.368 e. The van der Waals surface area contributed by atoms with Crippen LogP contribution in [0.5, 0.6) is 0 Å². The van der Waals surface area contributed by atoms with Crippen molar-refractivity contribution < 1.29 is 26.7 Å². The number of nitrogens with two attached hydrogens (primary N) is 1. The maximum Gasteiger partial charge on any atom is 0.455 e. The van der Waals surface area contributed by atoms with Gasteiger partial charge in [0.15, 0.2) is 5.69 Å². The molecule has 0 spiro atoms. The Morgan fingerprint density at radius 3 is 2.62 bits per heavy atom. The van der Waals surface area contributed by atoms with Crippen molar-refractivity contribution in [2.45, 2.75) is 37.5 Å². The fourth-order valence-corrected chi connectivity index (χ4v) is 2.16. The van der Waals surface area contributed by atoms with Gasteiger partial charge in [-0.2, -0.15) is 27.1 Å². The molecule has 0 bridgehead atoms. The molecule has 2 atom stereocenters. The lowest BCUT2D eigenvalue weighted by atomic mass is 9.99. The van der Waals surface area contributed by atoms with E-state index in [1.54, 1.807) is 5.43 Å². The number of nitrogens with zero attached hydrogens (tertiary/aromatic N) is 2. The molecule has 1 aromatic heterocycles. The number of nitrogen functional groups attached to an aromatic ring is 1. The van der Waals surface area contributed by atoms with Crippen LogP contribution in [0.15, 0.2) is 6.07 Å². The summed E-state index contributed by atoms with van der Waals surface area (Å²) in [7, 11) is 0. The molecule has 6 nitrogen and oxygen atoms in total. The van der Waals surface area contributed by atoms with Gasteiger partial charge >= 0.3 is 12.1 Å². The average Bonchev–Trinajstić information content (AvgIpc) is 2.78. The van der Waals surface area contributed by atoms with Gasteiger partial charge in [-0.05, 0) is 13.3 Å². The standard InChI is InChI=1S/C10H12F5N5O/c1-4-2-6(9(11,12)10(13,14)15)20-7(17-4)3-5(19-20)8(21)18-16/h3-4,6,17H,2,16H2,1H3,(H,18,21). The number of halogens is 5. The lowest BCUT2D eigenvalue weighted by Gasteiger charge is -2.35. The summed E-state index contributed by atoms with van der Waals surface area (Å²) in [6.45, 7) is 1.46. The summed E-state index contributed by atoms with van der Waals surface area (Å²) in [5.41, 5.74) is 1.38. The summed E-state index contributed by atoms with van der Waals surface area (Å²) in [5.74, 6) is -1.07. The van der Waals surface area contributed by atoms with E-state index in [4.69, 9.17) is 5.84 Å². The van der Waals surface area contributed by atoms with Gasteiger partial charge in [-0.1, -0.05) is 0 Å². The lowest BCUT2D eigenvalue weighted by Crippen LogP contribution is -2.48. The zero-order valence-corrected chi connectivity index (χ0v) is 10.7. The van der Waals surface area contributed by atoms with Crippen molar-refractivity contribution in [3.05, 3.63) is 11.8 Å². The van der Waals surface area contributed by atoms with Gasteiger partial charge in [0.25, 0.3) is 5.91 Å². The van der Waals surface area contributed by atoms with Crippen LogP contribution < -0.4 is 16.6 Å². The van der Waals surface area contributed by atoms with E-state index in [0.29, 0.717) is 4.68 Å². The fourth-order valence-electron chi connectivity index (χ4n) is 2.16. The molecule has 0 fully saturated rings. The predicted octanol–water partition coefficient (Wildman–Crippen LogP) is 1.43. The number of carbonyl (C=O) groups is 1. The van der Waals surface area contributed by atoms with Gasteiger partial charge in [-0.3, -0.25) is 10.2 Å². The number of alkyl halides is 5. The summed E-state index contributed by atoms with van der Waals surface area (Å²) < 4.78 is 65.4. The molecular weight excluding hydrogens is 301 g/mol. The molecule has 1 aliphatic rings. The van der Waals surface area contributed by atoms with Crippen molar-refractivity contribution in [3.8, 4) is 0 Å². The maximum atomic E-state index is 13.6. The van der Waals surface area contributed by atoms with E-state index in [2.05, 4.69) is 10.4 Å². The number of rotatable bonds is 2. The minimum absolute atomic E-state index is 0.0960. The second-order valence-corrected chi connectivity index (χ2v) is 4.75. The number of nitrogens with one attached hydrogen (secondary N) is 2. The average molecular weight is 313 g/mol. The number of amides is 1. The van der Waals surface area contributed by atoms with E-state index in [1.807, 2.05) is 0 Å². The monoisotopic (exact) mass is 313 g/mol. The number of hydrogen-bond acceptors (Lipinski definition) is 4. The highest BCUT2D eigenvalue weighted by Gasteiger charge is 2.64. The van der Waals surface area contributed by atoms with Crippen LogP contribution in [-0.2, 0) is 0 Å². The predicted molar refractivity (Wildman–Crippen MR) is 61.6 cm³/mol. The maximum absolute atomic E-state index is 13.6. The van der Waals surface area contributed by atoms with E-state index in [1.165, 1.54) is 6.92 Å². The Morgan fingerprint density at radius 1 is 1.48 bits per heavy atom. The van der Waals surface area contributed by atoms with Crippen molar-refractivity contribution in [2.24, 2.45) is 5.84 Å². The molecular formula is C10H12F5N5O. The van der Waals surface area contributed by atoms with E-state index < -0.39 is 36.5 Å². The van der Waals surface area contributed by atoms with Crippen molar-refractivity contribution >= 4 is 11.7 Å². The second-order valence-electron chi connectivity index (χ2n) is 4.75. The van der Waals surface area contributed by atoms with Gasteiger partial charge in [0.1, 0.15) is 11.9 Å². The summed E-state index contributed by atoms with van der Waals surface area (Å²) >= 11 is 0. The minimum Gasteiger partial charge on any atom is -0.368 e. The zero-order valence-electron chi connectivity index (χ0n) is 10.7. The van der Waals surface area contributed by atoms with Crippen LogP contribution in [0.2, 0.25) is 0 Å². The normalized spacial score (nSPS) is 22.4. The number of anilines is 1. The van der Waals surface area contributed by atoms with Crippen LogP contribution in [0.4, 0.5) is 27.8 Å². The zero-order chi connectivity index (χ0) is 16.0. The molecule has 2 heterocycles. The first-order valence-electron chi connectivity index (χ1n) is 5.89. The first kappa shape index (κ1) is 15.5. The quantitative estimate of drug-likeness (QED) is 0.334. The van der Waals surface area contributed by atoms with Gasteiger partial charge in [0.2, 0.25) is 0 Å². The molecule has 0 saturated carbocycles. The van der Waals surface area contributed by atoms with Gasteiger partial charge in [-0.15, -0.1) is 0 Å². The summed E-state index contributed by atoms with van der Waals surface area (Å²) in [6, 6.07) is -1.80. The largest absolute Gasteiger partial charge is 0.455 e. The Hall–Kier alpha value is -1.91. The third-order valence-corrected chi connectivity index (χ3v) is 3.16. The van der Waals surface area contributed by atoms with Crippen LogP contribution in [-0.4, -0.2) is 33.8 Å². The molecule has 1 aliphatic heterocycles. The van der Waals surface area contributed by atoms with Crippen molar-refractivity contribution in [3.63, 3.8) is 0 Å². The Labute approximate surface area is 115 Å². The van der Waals surface area contributed by atoms with Crippen molar-refractivity contribution in [1.82, 2.24) is 15.2 Å². The number of fused-ring (bicyclic) bond motifs is 1. The van der Waals surface area contributed by atoms with Crippen molar-refractivity contribution in [1.29, 1.82) is 0 Å². The number of aromatic nitrogens is 2. The highest BCUT2D eigenvalue weighted by Crippen LogP contribution is 2.47. The highest BCUT2D eigenvalue weighted by atomic mass is 19.4. The van der Waals surface area contributed by atoms with E-state index in [-0.39, 0.29) is 11.5 Å². The topological polar surface area (TPSA) is 85.0 Å². The van der Waals surface area contributed by atoms with E-state index in [9.17, 15) is 26.7 Å². The molecule has 4 N–H and O–H groups in total. The second kappa shape index (κ2) is 4.83. The van der Waals surface area contributed by atoms with E-state index >= 15 is 0 Å². The van der Waals surface area contributed by atoms with Gasteiger partial charge < -0.3 is 5.32 Å². The number of hydrogen-bond donors (Lipinski definition) is 3. The summed E-state index contributed by atoms with van der Waals surface area (Å²) in [4.78, 5) is 11.3. The molecule has 2 rings (SSSR count). The van der Waals surface area contributed by atoms with Crippen LogP contribution in [0.1, 0.15) is 29.9 Å². The van der Waals surface area contributed by atoms with Crippen LogP contribution >= 0.6 is 0 Å². The number of hydrazine groups is 1. The third-order valence-electron chi connectivity index (χ3n) is 3.16. The molecule has 0 radical (unpaired) electrons. The minimum atomic E-state index is -5.71. The molecule has 118 valence electrons. The van der Waals surface area contributed by atoms with Gasteiger partial charge in [-0.25, -0.2) is 10.5 Å². The van der Waals surface area contributed by atoms with Gasteiger partial charge in [0.05, 0.1) is 0 Å². The lowest BCUT2D eigenvalue weighted by molar-refractivity contribution is -0.301. The van der Waals surface area contributed by atoms with Gasteiger partial charge in [0, 0.05) is 12.1 Å². The van der Waals surface area contributed by atoms with Crippen molar-refractivity contribution in [2.75, 3.05) is 5.32 Å². The molecule has 1 amide bonds. The Balaban J connectivity index is 2.48. The molecule has 0 aliphatic carbocycles. The summed E-state index contributed by atoms with van der Waals surface area (Å²) in [5, 5.41) is 6.19. The summed E-state index contributed by atoms with van der Waals surface area (Å²) in [6.07, 6.45) is -6.21.